The molecule has 224 valence electrons. The molecule has 12 nitrogen and oxygen atoms in total. The summed E-state index contributed by atoms with van der Waals surface area (Å²) in [7, 11) is 3.82. The van der Waals surface area contributed by atoms with Crippen molar-refractivity contribution in [2.75, 3.05) is 39.2 Å². The molecule has 0 spiro atoms. The third kappa shape index (κ3) is 5.69. The Bertz CT molecular complexity index is 1370. The van der Waals surface area contributed by atoms with Crippen LogP contribution >= 0.6 is 0 Å². The zero-order valence-electron chi connectivity index (χ0n) is 24.7. The number of phenolic OH excluding ortho intramolecular Hbond substituents is 1. The summed E-state index contributed by atoms with van der Waals surface area (Å²) in [6.45, 7) is 4.01. The predicted molar refractivity (Wildman–Crippen MR) is 158 cm³/mol. The van der Waals surface area contributed by atoms with Crippen LogP contribution in [0.1, 0.15) is 81.5 Å². The number of imide groups is 1. The molecule has 2 saturated carbocycles. The zero-order valence-corrected chi connectivity index (χ0v) is 24.7. The molecule has 2 amide bonds. The standard InChI is InChI=1S/C30H41N9O3/c1-18-24(17-37(2)3)29(41)39(22-12-14-38(15-13-22)21-10-11-21)30(42)26(18)32-31-25-9-5-8-23(27(25)40)19-6-4-7-20(16-19)28-33-35-36-34-28/h5,8-9,19-22,31,40H,4,6-7,10-17H2,1-3H3,(H,33,34,35,36)/b32-26+. The van der Waals surface area contributed by atoms with Crippen LogP contribution in [-0.4, -0.2) is 104 Å². The van der Waals surface area contributed by atoms with E-state index in [1.165, 1.54) is 17.7 Å². The van der Waals surface area contributed by atoms with E-state index in [0.29, 0.717) is 29.4 Å². The number of aromatic nitrogens is 4. The quantitative estimate of drug-likeness (QED) is 0.246. The van der Waals surface area contributed by atoms with E-state index in [2.05, 4.69) is 36.1 Å². The second kappa shape index (κ2) is 11.9. The van der Waals surface area contributed by atoms with Crippen LogP contribution in [0.15, 0.2) is 34.4 Å². The number of piperidine rings is 1. The number of nitrogens with zero attached hydrogens (tertiary/aromatic N) is 7. The summed E-state index contributed by atoms with van der Waals surface area (Å²) in [6, 6.07) is 6.12. The maximum atomic E-state index is 13.9. The monoisotopic (exact) mass is 575 g/mol. The summed E-state index contributed by atoms with van der Waals surface area (Å²) in [5.41, 5.74) is 5.63. The fourth-order valence-corrected chi connectivity index (χ4v) is 6.89. The molecule has 6 rings (SSSR count). The molecule has 1 saturated heterocycles. The molecule has 1 aromatic carbocycles. The van der Waals surface area contributed by atoms with E-state index in [4.69, 9.17) is 0 Å². The lowest BCUT2D eigenvalue weighted by atomic mass is 9.77. The Morgan fingerprint density at radius 1 is 1.05 bits per heavy atom. The molecule has 3 heterocycles. The van der Waals surface area contributed by atoms with Crippen molar-refractivity contribution < 1.29 is 14.7 Å². The number of amides is 2. The topological polar surface area (TPSA) is 143 Å². The zero-order chi connectivity index (χ0) is 29.4. The number of benzene rings is 1. The second-order valence-electron chi connectivity index (χ2n) is 12.5. The molecule has 2 unspecified atom stereocenters. The van der Waals surface area contributed by atoms with Gasteiger partial charge in [-0.25, -0.2) is 5.10 Å². The molecule has 42 heavy (non-hydrogen) atoms. The fourth-order valence-electron chi connectivity index (χ4n) is 6.89. The lowest BCUT2D eigenvalue weighted by Gasteiger charge is -2.40. The van der Waals surface area contributed by atoms with E-state index >= 15 is 0 Å². The summed E-state index contributed by atoms with van der Waals surface area (Å²) in [4.78, 5) is 33.4. The number of likely N-dealkylation sites (N-methyl/N-ethyl adjacent to an activating group) is 1. The lowest BCUT2D eigenvalue weighted by Crippen LogP contribution is -2.56. The number of likely N-dealkylation sites (tertiary alicyclic amines) is 1. The number of aromatic amines is 1. The van der Waals surface area contributed by atoms with Crippen molar-refractivity contribution in [2.24, 2.45) is 5.10 Å². The van der Waals surface area contributed by atoms with Crippen LogP contribution in [0.5, 0.6) is 5.75 Å². The largest absolute Gasteiger partial charge is 0.505 e. The second-order valence-corrected chi connectivity index (χ2v) is 12.5. The summed E-state index contributed by atoms with van der Waals surface area (Å²) < 4.78 is 0. The Morgan fingerprint density at radius 2 is 1.81 bits per heavy atom. The number of tetrazole rings is 1. The van der Waals surface area contributed by atoms with E-state index < -0.39 is 0 Å². The Kier molecular flexibility index (Phi) is 8.09. The number of rotatable bonds is 8. The maximum absolute atomic E-state index is 13.9. The van der Waals surface area contributed by atoms with Gasteiger partial charge in [-0.2, -0.15) is 5.10 Å². The number of aromatic hydroxyl groups is 1. The average molecular weight is 576 g/mol. The molecule has 0 bridgehead atoms. The number of hydrazone groups is 1. The van der Waals surface area contributed by atoms with Crippen molar-refractivity contribution in [3.63, 3.8) is 0 Å². The fraction of sp³-hybridized carbons (Fsp3) is 0.600. The summed E-state index contributed by atoms with van der Waals surface area (Å²) in [5.74, 6) is 0.670. The van der Waals surface area contributed by atoms with Gasteiger partial charge in [0.15, 0.2) is 11.5 Å². The summed E-state index contributed by atoms with van der Waals surface area (Å²) in [5, 5.41) is 30.3. The minimum absolute atomic E-state index is 0.127. The van der Waals surface area contributed by atoms with Gasteiger partial charge in [0.25, 0.3) is 11.8 Å². The van der Waals surface area contributed by atoms with Crippen LogP contribution in [0.25, 0.3) is 0 Å². The van der Waals surface area contributed by atoms with Crippen LogP contribution in [0.4, 0.5) is 5.69 Å². The third-order valence-electron chi connectivity index (χ3n) is 9.33. The molecule has 12 heteroatoms. The molecule has 3 N–H and O–H groups in total. The molecular weight excluding hydrogens is 534 g/mol. The van der Waals surface area contributed by atoms with Gasteiger partial charge in [-0.1, -0.05) is 18.6 Å². The average Bonchev–Trinajstić information content (AvgIpc) is 3.69. The Labute approximate surface area is 246 Å². The molecule has 0 radical (unpaired) electrons. The number of hydrogen-bond acceptors (Lipinski definition) is 10. The highest BCUT2D eigenvalue weighted by molar-refractivity contribution is 6.50. The van der Waals surface area contributed by atoms with E-state index in [1.54, 1.807) is 13.0 Å². The molecule has 4 aliphatic rings. The van der Waals surface area contributed by atoms with Crippen LogP contribution in [0.3, 0.4) is 0 Å². The van der Waals surface area contributed by atoms with E-state index in [0.717, 1.165) is 63.0 Å². The van der Waals surface area contributed by atoms with Gasteiger partial charge in [0.05, 0.1) is 5.69 Å². The van der Waals surface area contributed by atoms with Gasteiger partial charge in [0.1, 0.15) is 5.75 Å². The van der Waals surface area contributed by atoms with Crippen molar-refractivity contribution in [1.29, 1.82) is 0 Å². The van der Waals surface area contributed by atoms with Crippen molar-refractivity contribution in [3.8, 4) is 5.75 Å². The smallest absolute Gasteiger partial charge is 0.281 e. The van der Waals surface area contributed by atoms with Crippen LogP contribution in [-0.2, 0) is 9.59 Å². The van der Waals surface area contributed by atoms with E-state index in [1.807, 2.05) is 31.1 Å². The predicted octanol–water partition coefficient (Wildman–Crippen LogP) is 2.99. The summed E-state index contributed by atoms with van der Waals surface area (Å²) in [6.07, 6.45) is 7.83. The van der Waals surface area contributed by atoms with Crippen molar-refractivity contribution in [3.05, 3.63) is 40.7 Å². The number of para-hydroxylation sites is 1. The number of H-pyrrole nitrogens is 1. The molecule has 2 aliphatic carbocycles. The highest BCUT2D eigenvalue weighted by Gasteiger charge is 2.43. The minimum atomic E-state index is -0.371. The van der Waals surface area contributed by atoms with Crippen molar-refractivity contribution >= 4 is 23.2 Å². The van der Waals surface area contributed by atoms with Crippen molar-refractivity contribution in [1.82, 2.24) is 35.3 Å². The SMILES string of the molecule is CC1=C(CN(C)C)C(=O)N(C2CCN(C3CC3)CC2)C(=O)/C1=N/Nc1cccc(C2CCCC(c3nnn[nH]3)C2)c1O. The first-order chi connectivity index (χ1) is 20.3. The summed E-state index contributed by atoms with van der Waals surface area (Å²) >= 11 is 0. The van der Waals surface area contributed by atoms with Gasteiger partial charge >= 0.3 is 0 Å². The Morgan fingerprint density at radius 3 is 2.50 bits per heavy atom. The minimum Gasteiger partial charge on any atom is -0.505 e. The normalized spacial score (nSPS) is 25.6. The first kappa shape index (κ1) is 28.5. The highest BCUT2D eigenvalue weighted by atomic mass is 16.3. The first-order valence-corrected chi connectivity index (χ1v) is 15.2. The van der Waals surface area contributed by atoms with Gasteiger partial charge in [0, 0.05) is 43.2 Å². The number of carbonyl (C=O) groups excluding carboxylic acids is 2. The number of nitrogens with one attached hydrogen (secondary N) is 2. The van der Waals surface area contributed by atoms with Gasteiger partial charge in [-0.3, -0.25) is 19.9 Å². The van der Waals surface area contributed by atoms with Gasteiger partial charge in [-0.15, -0.1) is 5.10 Å². The molecular formula is C30H41N9O3. The molecule has 1 aromatic heterocycles. The molecule has 2 aliphatic heterocycles. The van der Waals surface area contributed by atoms with Crippen LogP contribution < -0.4 is 5.43 Å². The highest BCUT2D eigenvalue weighted by Crippen LogP contribution is 2.44. The molecule has 3 fully saturated rings. The number of phenols is 1. The van der Waals surface area contributed by atoms with Crippen molar-refractivity contribution in [2.45, 2.75) is 82.2 Å². The number of carbonyl (C=O) groups is 2. The molecule has 2 atom stereocenters. The van der Waals surface area contributed by atoms with Crippen LogP contribution in [0, 0.1) is 0 Å². The number of hydrogen-bond donors (Lipinski definition) is 3. The van der Waals surface area contributed by atoms with Gasteiger partial charge < -0.3 is 14.9 Å². The Balaban J connectivity index is 1.24. The van der Waals surface area contributed by atoms with E-state index in [-0.39, 0.29) is 41.2 Å². The number of anilines is 1. The van der Waals surface area contributed by atoms with E-state index in [9.17, 15) is 14.7 Å². The Hall–Kier alpha value is -3.64. The van der Waals surface area contributed by atoms with Gasteiger partial charge in [-0.05, 0) is 99.5 Å². The lowest BCUT2D eigenvalue weighted by molar-refractivity contribution is -0.142. The first-order valence-electron chi connectivity index (χ1n) is 15.2. The van der Waals surface area contributed by atoms with Crippen LogP contribution in [0.2, 0.25) is 0 Å². The van der Waals surface area contributed by atoms with Gasteiger partial charge in [0.2, 0.25) is 0 Å². The maximum Gasteiger partial charge on any atom is 0.281 e. The molecule has 2 aromatic rings. The third-order valence-corrected chi connectivity index (χ3v) is 9.33.